The minimum Gasteiger partial charge on any atom is -0.461 e. The molecule has 1 aliphatic heterocycles. The maximum Gasteiger partial charge on any atom is 0.333 e. The summed E-state index contributed by atoms with van der Waals surface area (Å²) < 4.78 is 76.2. The monoisotopic (exact) mass is 977 g/mol. The molecule has 0 unspecified atom stereocenters. The van der Waals surface area contributed by atoms with Gasteiger partial charge in [0.2, 0.25) is 0 Å². The number of carbonyl (C=O) groups excluding carboxylic acids is 1. The van der Waals surface area contributed by atoms with Gasteiger partial charge in [0, 0.05) is 56.2 Å². The minimum atomic E-state index is -1.54. The number of carbonyl (C=O) groups is 1. The highest BCUT2D eigenvalue weighted by Gasteiger charge is 2.27. The molecule has 1 heterocycles. The Kier molecular flexibility index (Phi) is 17.6. The third-order valence-corrected chi connectivity index (χ3v) is 14.1. The van der Waals surface area contributed by atoms with Crippen molar-refractivity contribution in [3.63, 3.8) is 0 Å². The van der Waals surface area contributed by atoms with E-state index in [0.717, 1.165) is 108 Å². The first-order chi connectivity index (χ1) is 33.0. The zero-order chi connectivity index (χ0) is 48.3. The van der Waals surface area contributed by atoms with Crippen molar-refractivity contribution in [2.45, 2.75) is 101 Å². The number of rotatable bonds is 21. The summed E-state index contributed by atoms with van der Waals surface area (Å²) in [5.74, 6) is -6.35. The number of thioether (sulfide) groups is 1. The van der Waals surface area contributed by atoms with Crippen LogP contribution >= 0.6 is 35.7 Å². The first-order valence-corrected chi connectivity index (χ1v) is 25.6. The highest BCUT2D eigenvalue weighted by Crippen LogP contribution is 2.45. The fraction of sp³-hybridized carbons (Fsp3) is 0.273. The van der Waals surface area contributed by atoms with E-state index < -0.39 is 39.0 Å². The zero-order valence-electron chi connectivity index (χ0n) is 38.9. The van der Waals surface area contributed by atoms with Crippen LogP contribution in [-0.2, 0) is 35.2 Å². The molecule has 68 heavy (non-hydrogen) atoms. The molecule has 6 nitrogen and oxygen atoms in total. The van der Waals surface area contributed by atoms with E-state index in [2.05, 4.69) is 80.1 Å². The molecule has 0 atom stereocenters. The van der Waals surface area contributed by atoms with Gasteiger partial charge in [0.1, 0.15) is 22.8 Å². The first-order valence-electron chi connectivity index (χ1n) is 23.0. The van der Waals surface area contributed by atoms with E-state index in [0.29, 0.717) is 39.9 Å². The second-order valence-electron chi connectivity index (χ2n) is 16.4. The zero-order valence-corrected chi connectivity index (χ0v) is 41.4. The van der Waals surface area contributed by atoms with Crippen molar-refractivity contribution in [3.05, 3.63) is 160 Å². The van der Waals surface area contributed by atoms with E-state index >= 15 is 17.6 Å². The lowest BCUT2D eigenvalue weighted by molar-refractivity contribution is -0.138. The molecule has 2 aliphatic rings. The maximum absolute atomic E-state index is 15.5. The van der Waals surface area contributed by atoms with Gasteiger partial charge in [0.15, 0.2) is 23.3 Å². The number of hydrogen-bond acceptors (Lipinski definition) is 9. The number of benzene rings is 6. The van der Waals surface area contributed by atoms with Crippen LogP contribution in [0, 0.1) is 23.3 Å². The number of anilines is 2. The smallest absolute Gasteiger partial charge is 0.333 e. The van der Waals surface area contributed by atoms with Crippen molar-refractivity contribution < 1.29 is 31.5 Å². The lowest BCUT2D eigenvalue weighted by Crippen LogP contribution is -2.09. The number of para-hydroxylation sites is 2. The van der Waals surface area contributed by atoms with Gasteiger partial charge < -0.3 is 14.5 Å². The normalized spacial score (nSPS) is 11.8. The highest BCUT2D eigenvalue weighted by molar-refractivity contribution is 8.12. The summed E-state index contributed by atoms with van der Waals surface area (Å²) in [6.45, 7) is 13.4. The SMILES string of the molecule is C=C(C)C(=O)OCCSc1c(F)c(F)c(SNSc2ccccc2-c2c3ccc(=Nc4c(CCC)cccc4CCC)cc-3oc3cc(Nc4c(CCC)cccc4CCC)ccc23)c(F)c1F. The van der Waals surface area contributed by atoms with Gasteiger partial charge in [-0.3, -0.25) is 0 Å². The Labute approximate surface area is 409 Å². The van der Waals surface area contributed by atoms with Crippen LogP contribution in [0.15, 0.2) is 133 Å². The molecule has 2 N–H and O–H groups in total. The van der Waals surface area contributed by atoms with Crippen molar-refractivity contribution in [1.82, 2.24) is 4.13 Å². The van der Waals surface area contributed by atoms with E-state index in [1.54, 1.807) is 0 Å². The van der Waals surface area contributed by atoms with Gasteiger partial charge in [0.05, 0.1) is 15.9 Å². The average Bonchev–Trinajstić information content (AvgIpc) is 3.33. The second-order valence-corrected chi connectivity index (χ2v) is 19.5. The van der Waals surface area contributed by atoms with Crippen LogP contribution in [0.2, 0.25) is 0 Å². The average molecular weight is 978 g/mol. The topological polar surface area (TPSA) is 75.9 Å². The van der Waals surface area contributed by atoms with E-state index in [1.807, 2.05) is 60.7 Å². The Morgan fingerprint density at radius 3 is 1.93 bits per heavy atom. The Balaban J connectivity index is 1.29. The van der Waals surface area contributed by atoms with Crippen LogP contribution in [0.5, 0.6) is 0 Å². The number of ether oxygens (including phenoxy) is 1. The van der Waals surface area contributed by atoms with Crippen molar-refractivity contribution in [1.29, 1.82) is 0 Å². The van der Waals surface area contributed by atoms with Crippen molar-refractivity contribution in [3.8, 4) is 22.5 Å². The number of aryl methyl sites for hydroxylation is 4. The van der Waals surface area contributed by atoms with Crippen molar-refractivity contribution in [2.75, 3.05) is 17.7 Å². The fourth-order valence-corrected chi connectivity index (χ4v) is 10.6. The standard InChI is InChI=1S/C55H55F4N3O3S3/c1-7-15-34-19-13-20-35(16-8-2)51(34)60-38-25-27-40-43(31-38)65-44-32-39(61-52-36(17-9-3)21-14-22-37(52)18-10-4)26-28-41(44)46(40)42-23-11-12-24-45(42)67-62-68-54-49(58)47(56)53(48(57)50(54)59)66-30-29-64-55(63)33(5)6/h11-14,19-28,31-32,60,62H,5,7-10,15-18,29-30H2,1-4,6H3. The van der Waals surface area contributed by atoms with Gasteiger partial charge in [-0.1, -0.05) is 115 Å². The maximum atomic E-state index is 15.5. The van der Waals surface area contributed by atoms with Crippen LogP contribution in [0.3, 0.4) is 0 Å². The summed E-state index contributed by atoms with van der Waals surface area (Å²) in [4.78, 5) is 15.9. The molecule has 5 aromatic carbocycles. The molecule has 7 rings (SSSR count). The molecule has 0 aromatic heterocycles. The molecular formula is C55H55F4N3O3S3. The Morgan fingerprint density at radius 2 is 1.29 bits per heavy atom. The predicted octanol–water partition coefficient (Wildman–Crippen LogP) is 16.1. The van der Waals surface area contributed by atoms with Crippen molar-refractivity contribution >= 4 is 69.7 Å². The third kappa shape index (κ3) is 11.5. The van der Waals surface area contributed by atoms with Crippen molar-refractivity contribution in [2.24, 2.45) is 4.99 Å². The van der Waals surface area contributed by atoms with Gasteiger partial charge in [-0.2, -0.15) is 4.13 Å². The molecule has 5 aromatic rings. The summed E-state index contributed by atoms with van der Waals surface area (Å²) in [6, 6.07) is 32.6. The molecule has 1 aliphatic carbocycles. The van der Waals surface area contributed by atoms with E-state index in [4.69, 9.17) is 14.1 Å². The second kappa shape index (κ2) is 23.7. The molecule has 0 radical (unpaired) electrons. The summed E-state index contributed by atoms with van der Waals surface area (Å²) in [7, 11) is 0. The van der Waals surface area contributed by atoms with Gasteiger partial charge in [-0.05, 0) is 115 Å². The Morgan fingerprint density at radius 1 is 0.691 bits per heavy atom. The van der Waals surface area contributed by atoms with Gasteiger partial charge in [-0.25, -0.2) is 27.3 Å². The van der Waals surface area contributed by atoms with E-state index in [1.165, 1.54) is 29.2 Å². The van der Waals surface area contributed by atoms with Crippen LogP contribution in [0.4, 0.5) is 34.6 Å². The molecule has 0 saturated carbocycles. The molecule has 354 valence electrons. The Bertz CT molecular complexity index is 2910. The number of halogens is 4. The summed E-state index contributed by atoms with van der Waals surface area (Å²) in [5, 5.41) is 5.33. The molecule has 0 saturated heterocycles. The summed E-state index contributed by atoms with van der Waals surface area (Å²) in [6.07, 6.45) is 7.69. The third-order valence-electron chi connectivity index (χ3n) is 11.3. The summed E-state index contributed by atoms with van der Waals surface area (Å²) >= 11 is 2.00. The lowest BCUT2D eigenvalue weighted by Gasteiger charge is -2.20. The largest absolute Gasteiger partial charge is 0.461 e. The number of esters is 1. The predicted molar refractivity (Wildman–Crippen MR) is 273 cm³/mol. The van der Waals surface area contributed by atoms with Gasteiger partial charge >= 0.3 is 5.97 Å². The molecule has 13 heteroatoms. The fourth-order valence-electron chi connectivity index (χ4n) is 8.17. The molecule has 0 spiro atoms. The minimum absolute atomic E-state index is 0.132. The number of fused-ring (bicyclic) bond motifs is 2. The van der Waals surface area contributed by atoms with Gasteiger partial charge in [0.25, 0.3) is 0 Å². The molecule has 0 bridgehead atoms. The molecule has 0 amide bonds. The number of nitrogens with one attached hydrogen (secondary N) is 2. The van der Waals surface area contributed by atoms with E-state index in [9.17, 15) is 4.79 Å². The highest BCUT2D eigenvalue weighted by atomic mass is 32.2. The van der Waals surface area contributed by atoms with E-state index in [-0.39, 0.29) is 17.9 Å². The number of nitrogens with zero attached hydrogens (tertiary/aromatic N) is 1. The first kappa shape index (κ1) is 50.4. The number of hydrogen-bond donors (Lipinski definition) is 2. The molecular weight excluding hydrogens is 923 g/mol. The van der Waals surface area contributed by atoms with Crippen LogP contribution in [0.25, 0.3) is 33.4 Å². The van der Waals surface area contributed by atoms with Crippen LogP contribution < -0.4 is 14.8 Å². The Hall–Kier alpha value is -5.47. The molecule has 0 fully saturated rings. The quantitative estimate of drug-likeness (QED) is 0.0108. The lowest BCUT2D eigenvalue weighted by atomic mass is 9.93. The summed E-state index contributed by atoms with van der Waals surface area (Å²) in [5.41, 5.74) is 11.1. The van der Waals surface area contributed by atoms with Crippen LogP contribution in [-0.4, -0.2) is 18.3 Å². The van der Waals surface area contributed by atoms with Crippen LogP contribution in [0.1, 0.15) is 82.6 Å². The van der Waals surface area contributed by atoms with Gasteiger partial charge in [-0.15, -0.1) is 11.8 Å².